The number of phenols is 1. The third-order valence-corrected chi connectivity index (χ3v) is 4.15. The molecule has 128 valence electrons. The number of fused-ring (bicyclic) bond motifs is 1. The van der Waals surface area contributed by atoms with Crippen LogP contribution in [-0.2, 0) is 13.1 Å². The minimum Gasteiger partial charge on any atom is -0.508 e. The van der Waals surface area contributed by atoms with E-state index in [1.165, 1.54) is 0 Å². The van der Waals surface area contributed by atoms with E-state index in [0.717, 1.165) is 33.9 Å². The summed E-state index contributed by atoms with van der Waals surface area (Å²) in [6.45, 7) is 1.49. The van der Waals surface area contributed by atoms with Gasteiger partial charge < -0.3 is 19.1 Å². The summed E-state index contributed by atoms with van der Waals surface area (Å²) in [4.78, 5) is 2.07. The van der Waals surface area contributed by atoms with Crippen molar-refractivity contribution >= 4 is 0 Å². The van der Waals surface area contributed by atoms with Gasteiger partial charge in [-0.1, -0.05) is 17.3 Å². The van der Waals surface area contributed by atoms with E-state index in [1.807, 2.05) is 43.4 Å². The van der Waals surface area contributed by atoms with Crippen molar-refractivity contribution in [2.75, 3.05) is 13.8 Å². The molecule has 0 spiro atoms. The predicted octanol–water partition coefficient (Wildman–Crippen LogP) is 3.41. The zero-order chi connectivity index (χ0) is 17.2. The number of aromatic hydroxyl groups is 1. The summed E-state index contributed by atoms with van der Waals surface area (Å²) in [6.07, 6.45) is 1.56. The van der Waals surface area contributed by atoms with Crippen LogP contribution in [0.4, 0.5) is 0 Å². The molecule has 6 nitrogen and oxygen atoms in total. The van der Waals surface area contributed by atoms with Crippen LogP contribution in [0.25, 0.3) is 11.1 Å². The number of hydrogen-bond acceptors (Lipinski definition) is 6. The molecule has 0 saturated carbocycles. The number of nitrogens with zero attached hydrogens (tertiary/aromatic N) is 2. The Morgan fingerprint density at radius 3 is 2.64 bits per heavy atom. The monoisotopic (exact) mass is 338 g/mol. The van der Waals surface area contributed by atoms with E-state index in [9.17, 15) is 5.11 Å². The summed E-state index contributed by atoms with van der Waals surface area (Å²) < 4.78 is 15.6. The van der Waals surface area contributed by atoms with Gasteiger partial charge in [-0.15, -0.1) is 0 Å². The first kappa shape index (κ1) is 15.5. The average Bonchev–Trinajstić information content (AvgIpc) is 3.27. The summed E-state index contributed by atoms with van der Waals surface area (Å²) in [5.74, 6) is 1.78. The highest BCUT2D eigenvalue weighted by molar-refractivity contribution is 5.69. The molecule has 0 amide bonds. The standard InChI is InChI=1S/C19H18N2O4/c1-21(11-16-6-7-25-20-16)10-15-8-13(2-4-17(15)22)14-3-5-18-19(9-14)24-12-23-18/h2-9,22H,10-12H2,1H3. The van der Waals surface area contributed by atoms with Crippen molar-refractivity contribution in [2.24, 2.45) is 0 Å². The van der Waals surface area contributed by atoms with Crippen LogP contribution in [0.1, 0.15) is 11.3 Å². The molecule has 0 atom stereocenters. The molecule has 0 radical (unpaired) electrons. The van der Waals surface area contributed by atoms with Crippen LogP contribution in [-0.4, -0.2) is 29.0 Å². The normalized spacial score (nSPS) is 12.7. The minimum absolute atomic E-state index is 0.256. The van der Waals surface area contributed by atoms with Gasteiger partial charge in [-0.3, -0.25) is 4.90 Å². The van der Waals surface area contributed by atoms with Gasteiger partial charge in [-0.25, -0.2) is 0 Å². The molecule has 0 aliphatic carbocycles. The first-order chi connectivity index (χ1) is 12.2. The molecule has 0 bridgehead atoms. The molecular formula is C19H18N2O4. The Morgan fingerprint density at radius 1 is 1.00 bits per heavy atom. The molecule has 1 N–H and O–H groups in total. The van der Waals surface area contributed by atoms with Crippen molar-refractivity contribution in [1.29, 1.82) is 0 Å². The lowest BCUT2D eigenvalue weighted by molar-refractivity contribution is 0.174. The minimum atomic E-state index is 0.256. The van der Waals surface area contributed by atoms with Crippen LogP contribution in [0.15, 0.2) is 53.3 Å². The van der Waals surface area contributed by atoms with Crippen LogP contribution in [0.2, 0.25) is 0 Å². The lowest BCUT2D eigenvalue weighted by Gasteiger charge is -2.17. The molecule has 2 heterocycles. The van der Waals surface area contributed by atoms with Gasteiger partial charge in [0.1, 0.15) is 12.0 Å². The molecule has 1 aromatic heterocycles. The molecule has 1 aliphatic heterocycles. The van der Waals surface area contributed by atoms with Gasteiger partial charge in [0, 0.05) is 24.7 Å². The number of aromatic nitrogens is 1. The number of hydrogen-bond donors (Lipinski definition) is 1. The van der Waals surface area contributed by atoms with E-state index in [1.54, 1.807) is 12.3 Å². The fourth-order valence-corrected chi connectivity index (χ4v) is 2.91. The number of rotatable bonds is 5. The molecule has 0 unspecified atom stereocenters. The van der Waals surface area contributed by atoms with Gasteiger partial charge in [0.2, 0.25) is 6.79 Å². The highest BCUT2D eigenvalue weighted by atomic mass is 16.7. The Labute approximate surface area is 145 Å². The van der Waals surface area contributed by atoms with Crippen LogP contribution >= 0.6 is 0 Å². The zero-order valence-corrected chi connectivity index (χ0v) is 13.8. The molecule has 2 aromatic carbocycles. The second kappa shape index (κ2) is 6.49. The van der Waals surface area contributed by atoms with E-state index >= 15 is 0 Å². The summed E-state index contributed by atoms with van der Waals surface area (Å²) in [6, 6.07) is 13.3. The predicted molar refractivity (Wildman–Crippen MR) is 91.3 cm³/mol. The average molecular weight is 338 g/mol. The third-order valence-electron chi connectivity index (χ3n) is 4.15. The Morgan fingerprint density at radius 2 is 1.80 bits per heavy atom. The van der Waals surface area contributed by atoms with Crippen molar-refractivity contribution in [3.8, 4) is 28.4 Å². The van der Waals surface area contributed by atoms with Crippen LogP contribution < -0.4 is 9.47 Å². The first-order valence-corrected chi connectivity index (χ1v) is 7.99. The Bertz CT molecular complexity index is 877. The Kier molecular flexibility index (Phi) is 4.03. The second-order valence-electron chi connectivity index (χ2n) is 6.07. The van der Waals surface area contributed by atoms with Crippen LogP contribution in [0, 0.1) is 0 Å². The van der Waals surface area contributed by atoms with E-state index in [-0.39, 0.29) is 12.5 Å². The van der Waals surface area contributed by atoms with Gasteiger partial charge >= 0.3 is 0 Å². The third kappa shape index (κ3) is 3.29. The van der Waals surface area contributed by atoms with Gasteiger partial charge in [-0.2, -0.15) is 0 Å². The first-order valence-electron chi connectivity index (χ1n) is 7.99. The van der Waals surface area contributed by atoms with Gasteiger partial charge in [-0.05, 0) is 42.4 Å². The molecule has 0 saturated heterocycles. The zero-order valence-electron chi connectivity index (χ0n) is 13.8. The van der Waals surface area contributed by atoms with Gasteiger partial charge in [0.25, 0.3) is 0 Å². The largest absolute Gasteiger partial charge is 0.508 e. The number of ether oxygens (including phenoxy) is 2. The fraction of sp³-hybridized carbons (Fsp3) is 0.211. The quantitative estimate of drug-likeness (QED) is 0.769. The Balaban J connectivity index is 1.56. The van der Waals surface area contributed by atoms with Crippen LogP contribution in [0.5, 0.6) is 17.2 Å². The SMILES string of the molecule is CN(Cc1ccon1)Cc1cc(-c2ccc3c(c2)OCO3)ccc1O. The molecule has 0 fully saturated rings. The summed E-state index contributed by atoms with van der Waals surface area (Å²) in [5, 5.41) is 14.1. The lowest BCUT2D eigenvalue weighted by Crippen LogP contribution is -2.17. The highest BCUT2D eigenvalue weighted by Crippen LogP contribution is 2.36. The van der Waals surface area contributed by atoms with Crippen molar-refractivity contribution in [2.45, 2.75) is 13.1 Å². The summed E-state index contributed by atoms with van der Waals surface area (Å²) >= 11 is 0. The summed E-state index contributed by atoms with van der Waals surface area (Å²) in [5.41, 5.74) is 3.74. The van der Waals surface area contributed by atoms with E-state index < -0.39 is 0 Å². The van der Waals surface area contributed by atoms with Gasteiger partial charge in [0.15, 0.2) is 11.5 Å². The second-order valence-corrected chi connectivity index (χ2v) is 6.07. The van der Waals surface area contributed by atoms with E-state index in [2.05, 4.69) is 10.1 Å². The van der Waals surface area contributed by atoms with Crippen molar-refractivity contribution in [3.05, 3.63) is 60.0 Å². The topological polar surface area (TPSA) is 68.0 Å². The number of phenolic OH excluding ortho intramolecular Hbond substituents is 1. The van der Waals surface area contributed by atoms with Crippen molar-refractivity contribution in [1.82, 2.24) is 10.1 Å². The maximum absolute atomic E-state index is 10.2. The molecule has 1 aliphatic rings. The number of benzene rings is 2. The summed E-state index contributed by atoms with van der Waals surface area (Å²) in [7, 11) is 1.97. The fourth-order valence-electron chi connectivity index (χ4n) is 2.91. The molecule has 25 heavy (non-hydrogen) atoms. The molecule has 4 rings (SSSR count). The molecule has 6 heteroatoms. The lowest BCUT2D eigenvalue weighted by atomic mass is 10.0. The van der Waals surface area contributed by atoms with Crippen LogP contribution in [0.3, 0.4) is 0 Å². The molecular weight excluding hydrogens is 320 g/mol. The van der Waals surface area contributed by atoms with Crippen molar-refractivity contribution < 1.29 is 19.1 Å². The Hall–Kier alpha value is -2.99. The van der Waals surface area contributed by atoms with Gasteiger partial charge in [0.05, 0.1) is 5.69 Å². The smallest absolute Gasteiger partial charge is 0.231 e. The van der Waals surface area contributed by atoms with E-state index in [4.69, 9.17) is 14.0 Å². The van der Waals surface area contributed by atoms with E-state index in [0.29, 0.717) is 13.1 Å². The maximum atomic E-state index is 10.2. The highest BCUT2D eigenvalue weighted by Gasteiger charge is 2.15. The molecule has 3 aromatic rings. The maximum Gasteiger partial charge on any atom is 0.231 e. The van der Waals surface area contributed by atoms with Crippen molar-refractivity contribution in [3.63, 3.8) is 0 Å².